The van der Waals surface area contributed by atoms with Crippen LogP contribution in [-0.2, 0) is 12.8 Å². The highest BCUT2D eigenvalue weighted by Crippen LogP contribution is 2.33. The molecule has 3 rings (SSSR count). The molecular weight excluding hydrogens is 363 g/mol. The van der Waals surface area contributed by atoms with Crippen LogP contribution in [0.4, 0.5) is 13.2 Å². The third-order valence-electron chi connectivity index (χ3n) is 3.72. The first kappa shape index (κ1) is 18.1. The van der Waals surface area contributed by atoms with Gasteiger partial charge >= 0.3 is 6.18 Å². The van der Waals surface area contributed by atoms with E-state index in [1.165, 1.54) is 23.5 Å². The Bertz CT molecular complexity index is 917. The second kappa shape index (κ2) is 7.29. The van der Waals surface area contributed by atoms with Gasteiger partial charge in [-0.1, -0.05) is 24.3 Å². The Balaban J connectivity index is 1.75. The lowest BCUT2D eigenvalue weighted by Crippen LogP contribution is -2.03. The van der Waals surface area contributed by atoms with E-state index in [2.05, 4.69) is 4.98 Å². The SMILES string of the molecule is Cc1nc(-c2ccc(C(F)(F)F)cc2)sc1COc1cccc(C=O)c1. The molecule has 134 valence electrons. The molecule has 1 aromatic heterocycles. The standard InChI is InChI=1S/C19H14F3NO2S/c1-12-17(11-25-16-4-2-3-13(9-16)10-24)26-18(23-12)14-5-7-15(8-6-14)19(20,21)22/h2-10H,11H2,1H3. The molecule has 7 heteroatoms. The van der Waals surface area contributed by atoms with Gasteiger partial charge in [0.2, 0.25) is 0 Å². The third kappa shape index (κ3) is 4.11. The molecular formula is C19H14F3NO2S. The molecule has 0 amide bonds. The highest BCUT2D eigenvalue weighted by Gasteiger charge is 2.30. The van der Waals surface area contributed by atoms with Gasteiger partial charge in [-0.3, -0.25) is 4.79 Å². The van der Waals surface area contributed by atoms with Crippen LogP contribution in [-0.4, -0.2) is 11.3 Å². The van der Waals surface area contributed by atoms with Gasteiger partial charge in [-0.05, 0) is 31.2 Å². The predicted octanol–water partition coefficient (Wildman–Crippen LogP) is 5.53. The van der Waals surface area contributed by atoms with E-state index in [4.69, 9.17) is 4.74 Å². The monoisotopic (exact) mass is 377 g/mol. The first-order valence-corrected chi connectivity index (χ1v) is 8.50. The summed E-state index contributed by atoms with van der Waals surface area (Å²) in [4.78, 5) is 16.1. The van der Waals surface area contributed by atoms with Crippen LogP contribution in [0.1, 0.15) is 26.5 Å². The number of carbonyl (C=O) groups excluding carboxylic acids is 1. The summed E-state index contributed by atoms with van der Waals surface area (Å²) < 4.78 is 43.7. The van der Waals surface area contributed by atoms with E-state index in [9.17, 15) is 18.0 Å². The first-order valence-electron chi connectivity index (χ1n) is 7.69. The number of aryl methyl sites for hydroxylation is 1. The van der Waals surface area contributed by atoms with Crippen molar-refractivity contribution >= 4 is 17.6 Å². The molecule has 0 radical (unpaired) electrons. The number of halogens is 3. The van der Waals surface area contributed by atoms with E-state index in [-0.39, 0.29) is 6.61 Å². The molecule has 3 aromatic rings. The van der Waals surface area contributed by atoms with Crippen molar-refractivity contribution < 1.29 is 22.7 Å². The van der Waals surface area contributed by atoms with Crippen LogP contribution in [0.25, 0.3) is 10.6 Å². The van der Waals surface area contributed by atoms with E-state index < -0.39 is 11.7 Å². The quantitative estimate of drug-likeness (QED) is 0.549. The number of benzene rings is 2. The Morgan fingerprint density at radius 3 is 2.54 bits per heavy atom. The van der Waals surface area contributed by atoms with Crippen LogP contribution in [0.3, 0.4) is 0 Å². The van der Waals surface area contributed by atoms with Crippen molar-refractivity contribution in [3.8, 4) is 16.3 Å². The summed E-state index contributed by atoms with van der Waals surface area (Å²) in [7, 11) is 0. The smallest absolute Gasteiger partial charge is 0.416 e. The molecule has 26 heavy (non-hydrogen) atoms. The highest BCUT2D eigenvalue weighted by molar-refractivity contribution is 7.15. The summed E-state index contributed by atoms with van der Waals surface area (Å²) in [5, 5.41) is 0.636. The summed E-state index contributed by atoms with van der Waals surface area (Å²) in [6, 6.07) is 11.7. The van der Waals surface area contributed by atoms with E-state index in [0.29, 0.717) is 21.9 Å². The van der Waals surface area contributed by atoms with Gasteiger partial charge < -0.3 is 4.74 Å². The Hall–Kier alpha value is -2.67. The number of alkyl halides is 3. The number of nitrogens with zero attached hydrogens (tertiary/aromatic N) is 1. The van der Waals surface area contributed by atoms with Crippen LogP contribution in [0, 0.1) is 6.92 Å². The van der Waals surface area contributed by atoms with Gasteiger partial charge in [-0.15, -0.1) is 11.3 Å². The Labute approximate surface area is 152 Å². The summed E-state index contributed by atoms with van der Waals surface area (Å²) in [5.74, 6) is 0.568. The van der Waals surface area contributed by atoms with Crippen LogP contribution >= 0.6 is 11.3 Å². The molecule has 0 atom stereocenters. The number of aromatic nitrogens is 1. The zero-order valence-corrected chi connectivity index (χ0v) is 14.5. The molecule has 0 unspecified atom stereocenters. The Kier molecular flexibility index (Phi) is 5.08. The molecule has 0 aliphatic rings. The number of aldehydes is 1. The third-order valence-corrected chi connectivity index (χ3v) is 4.90. The van der Waals surface area contributed by atoms with Gasteiger partial charge in [0.1, 0.15) is 23.7 Å². The van der Waals surface area contributed by atoms with Crippen molar-refractivity contribution in [3.63, 3.8) is 0 Å². The number of thiazole rings is 1. The summed E-state index contributed by atoms with van der Waals surface area (Å²) in [6.45, 7) is 2.09. The maximum atomic E-state index is 12.7. The number of hydrogen-bond donors (Lipinski definition) is 0. The van der Waals surface area contributed by atoms with Gasteiger partial charge in [-0.25, -0.2) is 4.98 Å². The minimum atomic E-state index is -4.35. The van der Waals surface area contributed by atoms with E-state index in [1.807, 2.05) is 6.92 Å². The van der Waals surface area contributed by atoms with Gasteiger partial charge in [0, 0.05) is 11.1 Å². The lowest BCUT2D eigenvalue weighted by Gasteiger charge is -2.06. The molecule has 0 saturated carbocycles. The molecule has 2 aromatic carbocycles. The average Bonchev–Trinajstić information content (AvgIpc) is 3.00. The maximum absolute atomic E-state index is 12.7. The minimum Gasteiger partial charge on any atom is -0.488 e. The fourth-order valence-corrected chi connectivity index (χ4v) is 3.29. The average molecular weight is 377 g/mol. The zero-order chi connectivity index (χ0) is 18.7. The molecule has 0 aliphatic carbocycles. The molecule has 1 heterocycles. The number of hydrogen-bond acceptors (Lipinski definition) is 4. The lowest BCUT2D eigenvalue weighted by atomic mass is 10.1. The van der Waals surface area contributed by atoms with Crippen molar-refractivity contribution in [3.05, 3.63) is 70.2 Å². The van der Waals surface area contributed by atoms with Gasteiger partial charge in [-0.2, -0.15) is 13.2 Å². The Morgan fingerprint density at radius 2 is 1.88 bits per heavy atom. The number of ether oxygens (including phenoxy) is 1. The number of rotatable bonds is 5. The summed E-state index contributed by atoms with van der Waals surface area (Å²) in [6.07, 6.45) is -3.61. The van der Waals surface area contributed by atoms with Gasteiger partial charge in [0.05, 0.1) is 16.1 Å². The zero-order valence-electron chi connectivity index (χ0n) is 13.7. The van der Waals surface area contributed by atoms with Crippen LogP contribution < -0.4 is 4.74 Å². The molecule has 0 fully saturated rings. The van der Waals surface area contributed by atoms with Crippen molar-refractivity contribution in [2.24, 2.45) is 0 Å². The predicted molar refractivity (Wildman–Crippen MR) is 93.5 cm³/mol. The normalized spacial score (nSPS) is 11.4. The van der Waals surface area contributed by atoms with Crippen LogP contribution in [0.2, 0.25) is 0 Å². The van der Waals surface area contributed by atoms with Crippen LogP contribution in [0.5, 0.6) is 5.75 Å². The van der Waals surface area contributed by atoms with Crippen molar-refractivity contribution in [1.82, 2.24) is 4.98 Å². The van der Waals surface area contributed by atoms with E-state index in [0.717, 1.165) is 29.0 Å². The largest absolute Gasteiger partial charge is 0.488 e. The fourth-order valence-electron chi connectivity index (χ4n) is 2.31. The molecule has 0 saturated heterocycles. The van der Waals surface area contributed by atoms with E-state index >= 15 is 0 Å². The number of carbonyl (C=O) groups is 1. The molecule has 0 N–H and O–H groups in total. The summed E-state index contributed by atoms with van der Waals surface area (Å²) in [5.41, 5.74) is 1.22. The Morgan fingerprint density at radius 1 is 1.15 bits per heavy atom. The lowest BCUT2D eigenvalue weighted by molar-refractivity contribution is -0.137. The molecule has 0 bridgehead atoms. The van der Waals surface area contributed by atoms with Gasteiger partial charge in [0.25, 0.3) is 0 Å². The van der Waals surface area contributed by atoms with Crippen molar-refractivity contribution in [2.45, 2.75) is 19.7 Å². The van der Waals surface area contributed by atoms with Crippen molar-refractivity contribution in [1.29, 1.82) is 0 Å². The van der Waals surface area contributed by atoms with E-state index in [1.54, 1.807) is 24.3 Å². The summed E-state index contributed by atoms with van der Waals surface area (Å²) >= 11 is 1.37. The highest BCUT2D eigenvalue weighted by atomic mass is 32.1. The van der Waals surface area contributed by atoms with Gasteiger partial charge in [0.15, 0.2) is 0 Å². The molecule has 0 spiro atoms. The fraction of sp³-hybridized carbons (Fsp3) is 0.158. The minimum absolute atomic E-state index is 0.270. The maximum Gasteiger partial charge on any atom is 0.416 e. The second-order valence-corrected chi connectivity index (χ2v) is 6.67. The molecule has 0 aliphatic heterocycles. The van der Waals surface area contributed by atoms with Crippen LogP contribution in [0.15, 0.2) is 48.5 Å². The molecule has 3 nitrogen and oxygen atoms in total. The topological polar surface area (TPSA) is 39.2 Å². The second-order valence-electron chi connectivity index (χ2n) is 5.58. The first-order chi connectivity index (χ1) is 12.4. The van der Waals surface area contributed by atoms with Crippen molar-refractivity contribution in [2.75, 3.05) is 0 Å².